The minimum absolute atomic E-state index is 0.0395. The summed E-state index contributed by atoms with van der Waals surface area (Å²) >= 11 is 0. The van der Waals surface area contributed by atoms with Gasteiger partial charge in [0.2, 0.25) is 11.8 Å². The molecule has 0 aromatic heterocycles. The molecule has 1 fully saturated rings. The monoisotopic (exact) mass is 210 g/mol. The molecule has 4 heteroatoms. The van der Waals surface area contributed by atoms with Gasteiger partial charge in [0, 0.05) is 26.1 Å². The second-order valence-corrected chi connectivity index (χ2v) is 4.01. The van der Waals surface area contributed by atoms with E-state index in [2.05, 4.69) is 11.9 Å². The summed E-state index contributed by atoms with van der Waals surface area (Å²) in [4.78, 5) is 24.7. The topological polar surface area (TPSA) is 49.4 Å². The van der Waals surface area contributed by atoms with Crippen molar-refractivity contribution in [1.82, 2.24) is 10.2 Å². The van der Waals surface area contributed by atoms with Crippen LogP contribution in [0.25, 0.3) is 0 Å². The molecule has 1 aliphatic rings. The zero-order valence-corrected chi connectivity index (χ0v) is 9.38. The predicted octanol–water partition coefficient (Wildman–Crippen LogP) is 0.547. The van der Waals surface area contributed by atoms with E-state index in [0.29, 0.717) is 26.1 Å². The van der Waals surface area contributed by atoms with E-state index in [-0.39, 0.29) is 17.7 Å². The van der Waals surface area contributed by atoms with Crippen LogP contribution >= 0.6 is 0 Å². The minimum Gasteiger partial charge on any atom is -0.352 e. The Bertz CT molecular complexity index is 286. The number of rotatable bonds is 4. The Kier molecular flexibility index (Phi) is 3.88. The van der Waals surface area contributed by atoms with Gasteiger partial charge in [0.1, 0.15) is 0 Å². The summed E-state index contributed by atoms with van der Waals surface area (Å²) in [5, 5.41) is 2.77. The highest BCUT2D eigenvalue weighted by Crippen LogP contribution is 2.17. The van der Waals surface area contributed by atoms with Crippen LogP contribution in [0, 0.1) is 5.92 Å². The largest absolute Gasteiger partial charge is 0.352 e. The maximum atomic E-state index is 11.6. The van der Waals surface area contributed by atoms with Crippen molar-refractivity contribution in [2.24, 2.45) is 5.92 Å². The zero-order chi connectivity index (χ0) is 11.4. The van der Waals surface area contributed by atoms with Gasteiger partial charge in [0.25, 0.3) is 0 Å². The molecular weight excluding hydrogens is 192 g/mol. The molecule has 2 amide bonds. The number of hydrogen-bond donors (Lipinski definition) is 1. The number of nitrogens with zero attached hydrogens (tertiary/aromatic N) is 1. The molecular formula is C11H18N2O2. The van der Waals surface area contributed by atoms with Gasteiger partial charge in [-0.3, -0.25) is 9.59 Å². The molecule has 84 valence electrons. The summed E-state index contributed by atoms with van der Waals surface area (Å²) < 4.78 is 0. The van der Waals surface area contributed by atoms with Crippen LogP contribution in [0.4, 0.5) is 0 Å². The number of carbonyl (C=O) groups excluding carboxylic acids is 2. The van der Waals surface area contributed by atoms with E-state index in [0.717, 1.165) is 5.57 Å². The Morgan fingerprint density at radius 1 is 1.67 bits per heavy atom. The summed E-state index contributed by atoms with van der Waals surface area (Å²) in [6.45, 7) is 9.22. The molecule has 0 saturated carbocycles. The molecule has 0 aliphatic carbocycles. The highest BCUT2D eigenvalue weighted by Gasteiger charge is 2.32. The second-order valence-electron chi connectivity index (χ2n) is 4.01. The number of carbonyl (C=O) groups is 2. The summed E-state index contributed by atoms with van der Waals surface area (Å²) in [6.07, 6.45) is 0.343. The van der Waals surface area contributed by atoms with Crippen LogP contribution in [-0.4, -0.2) is 36.3 Å². The Balaban J connectivity index is 2.42. The van der Waals surface area contributed by atoms with Crippen molar-refractivity contribution >= 4 is 11.8 Å². The molecule has 1 rings (SSSR count). The SMILES string of the molecule is C=C(C)CNC(=O)C1CC(=O)N(CC)C1. The van der Waals surface area contributed by atoms with Crippen molar-refractivity contribution < 1.29 is 9.59 Å². The van der Waals surface area contributed by atoms with E-state index in [9.17, 15) is 9.59 Å². The smallest absolute Gasteiger partial charge is 0.225 e. The molecule has 1 saturated heterocycles. The lowest BCUT2D eigenvalue weighted by Gasteiger charge is -2.13. The number of hydrogen-bond acceptors (Lipinski definition) is 2. The van der Waals surface area contributed by atoms with Gasteiger partial charge in [-0.25, -0.2) is 0 Å². The van der Waals surface area contributed by atoms with Crippen LogP contribution in [0.15, 0.2) is 12.2 Å². The average Bonchev–Trinajstić information content (AvgIpc) is 2.56. The fourth-order valence-corrected chi connectivity index (χ4v) is 1.64. The van der Waals surface area contributed by atoms with Crippen LogP contribution in [0.2, 0.25) is 0 Å². The summed E-state index contributed by atoms with van der Waals surface area (Å²) in [5.74, 6) is -0.146. The van der Waals surface area contributed by atoms with Crippen LogP contribution in [0.3, 0.4) is 0 Å². The molecule has 1 heterocycles. The Hall–Kier alpha value is -1.32. The third-order valence-corrected chi connectivity index (χ3v) is 2.53. The average molecular weight is 210 g/mol. The van der Waals surface area contributed by atoms with Crippen molar-refractivity contribution in [3.8, 4) is 0 Å². The van der Waals surface area contributed by atoms with E-state index in [4.69, 9.17) is 0 Å². The van der Waals surface area contributed by atoms with Crippen LogP contribution in [0.1, 0.15) is 20.3 Å². The Labute approximate surface area is 90.3 Å². The highest BCUT2D eigenvalue weighted by molar-refractivity contribution is 5.89. The summed E-state index contributed by atoms with van der Waals surface area (Å²) in [6, 6.07) is 0. The Morgan fingerprint density at radius 3 is 2.80 bits per heavy atom. The molecule has 0 radical (unpaired) electrons. The van der Waals surface area contributed by atoms with Gasteiger partial charge in [-0.2, -0.15) is 0 Å². The van der Waals surface area contributed by atoms with Gasteiger partial charge < -0.3 is 10.2 Å². The molecule has 0 aromatic carbocycles. The fourth-order valence-electron chi connectivity index (χ4n) is 1.64. The van der Waals surface area contributed by atoms with Crippen LogP contribution < -0.4 is 5.32 Å². The van der Waals surface area contributed by atoms with Gasteiger partial charge in [0.05, 0.1) is 5.92 Å². The fraction of sp³-hybridized carbons (Fsp3) is 0.636. The van der Waals surface area contributed by atoms with Crippen molar-refractivity contribution in [3.05, 3.63) is 12.2 Å². The van der Waals surface area contributed by atoms with Crippen molar-refractivity contribution in [3.63, 3.8) is 0 Å². The molecule has 15 heavy (non-hydrogen) atoms. The lowest BCUT2D eigenvalue weighted by atomic mass is 10.1. The lowest BCUT2D eigenvalue weighted by molar-refractivity contribution is -0.128. The predicted molar refractivity (Wildman–Crippen MR) is 58.2 cm³/mol. The molecule has 1 aliphatic heterocycles. The summed E-state index contributed by atoms with van der Waals surface area (Å²) in [5.41, 5.74) is 0.917. The van der Waals surface area contributed by atoms with E-state index >= 15 is 0 Å². The van der Waals surface area contributed by atoms with Gasteiger partial charge in [-0.15, -0.1) is 0 Å². The molecule has 0 bridgehead atoms. The zero-order valence-electron chi connectivity index (χ0n) is 9.38. The lowest BCUT2D eigenvalue weighted by Crippen LogP contribution is -2.33. The van der Waals surface area contributed by atoms with Crippen LogP contribution in [-0.2, 0) is 9.59 Å². The third kappa shape index (κ3) is 3.08. The first-order chi connectivity index (χ1) is 7.04. The van der Waals surface area contributed by atoms with Gasteiger partial charge in [-0.1, -0.05) is 12.2 Å². The molecule has 0 spiro atoms. The first kappa shape index (κ1) is 11.8. The minimum atomic E-state index is -0.184. The van der Waals surface area contributed by atoms with E-state index in [1.807, 2.05) is 13.8 Å². The highest BCUT2D eigenvalue weighted by atomic mass is 16.2. The van der Waals surface area contributed by atoms with E-state index in [1.165, 1.54) is 0 Å². The standard InChI is InChI=1S/C11H18N2O2/c1-4-13-7-9(5-10(13)14)11(15)12-6-8(2)3/h9H,2,4-7H2,1,3H3,(H,12,15). The van der Waals surface area contributed by atoms with Gasteiger partial charge in [-0.05, 0) is 13.8 Å². The second kappa shape index (κ2) is 4.96. The molecule has 4 nitrogen and oxygen atoms in total. The number of amides is 2. The maximum absolute atomic E-state index is 11.6. The van der Waals surface area contributed by atoms with Crippen LogP contribution in [0.5, 0.6) is 0 Å². The normalized spacial score (nSPS) is 20.5. The molecule has 0 aromatic rings. The first-order valence-electron chi connectivity index (χ1n) is 5.24. The first-order valence-corrected chi connectivity index (χ1v) is 5.24. The maximum Gasteiger partial charge on any atom is 0.225 e. The van der Waals surface area contributed by atoms with Gasteiger partial charge in [0.15, 0.2) is 0 Å². The molecule has 1 N–H and O–H groups in total. The van der Waals surface area contributed by atoms with Crippen molar-refractivity contribution in [2.45, 2.75) is 20.3 Å². The Morgan fingerprint density at radius 2 is 2.33 bits per heavy atom. The molecule has 1 unspecified atom stereocenters. The third-order valence-electron chi connectivity index (χ3n) is 2.53. The number of nitrogens with one attached hydrogen (secondary N) is 1. The molecule has 1 atom stereocenters. The van der Waals surface area contributed by atoms with Crippen molar-refractivity contribution in [2.75, 3.05) is 19.6 Å². The van der Waals surface area contributed by atoms with E-state index < -0.39 is 0 Å². The quantitative estimate of drug-likeness (QED) is 0.689. The van der Waals surface area contributed by atoms with Gasteiger partial charge >= 0.3 is 0 Å². The number of likely N-dealkylation sites (tertiary alicyclic amines) is 1. The summed E-state index contributed by atoms with van der Waals surface area (Å²) in [7, 11) is 0. The van der Waals surface area contributed by atoms with Crippen molar-refractivity contribution in [1.29, 1.82) is 0 Å². The van der Waals surface area contributed by atoms with E-state index in [1.54, 1.807) is 4.90 Å².